The largest absolute Gasteiger partial charge is 0.490 e. The van der Waals surface area contributed by atoms with Crippen molar-refractivity contribution < 1.29 is 32.7 Å². The van der Waals surface area contributed by atoms with Gasteiger partial charge in [0.2, 0.25) is 5.91 Å². The van der Waals surface area contributed by atoms with E-state index in [2.05, 4.69) is 9.88 Å². The Hall–Kier alpha value is -2.65. The number of piperidine rings is 1. The fourth-order valence-corrected chi connectivity index (χ4v) is 4.22. The first-order valence-corrected chi connectivity index (χ1v) is 10.3. The van der Waals surface area contributed by atoms with Gasteiger partial charge in [0.05, 0.1) is 11.1 Å². The van der Waals surface area contributed by atoms with Crippen LogP contribution in [0.2, 0.25) is 0 Å². The molecule has 31 heavy (non-hydrogen) atoms. The van der Waals surface area contributed by atoms with Crippen molar-refractivity contribution in [2.75, 3.05) is 19.6 Å². The molecule has 0 bridgehead atoms. The average molecular weight is 441 g/mol. The van der Waals surface area contributed by atoms with Crippen LogP contribution < -0.4 is 0 Å². The number of rotatable bonds is 3. The molecule has 10 heteroatoms. The lowest BCUT2D eigenvalue weighted by atomic mass is 9.86. The molecule has 170 valence electrons. The first kappa shape index (κ1) is 23.0. The lowest BCUT2D eigenvalue weighted by molar-refractivity contribution is -0.192. The van der Waals surface area contributed by atoms with Crippen molar-refractivity contribution in [1.82, 2.24) is 14.8 Å². The predicted octanol–water partition coefficient (Wildman–Crippen LogP) is 3.03. The number of alkyl halides is 3. The number of nitrogens with zero attached hydrogens (tertiary/aromatic N) is 3. The monoisotopic (exact) mass is 441 g/mol. The summed E-state index contributed by atoms with van der Waals surface area (Å²) in [4.78, 5) is 42.5. The number of carbonyl (C=O) groups is 3. The van der Waals surface area contributed by atoms with Crippen LogP contribution in [-0.2, 0) is 9.59 Å². The summed E-state index contributed by atoms with van der Waals surface area (Å²) in [5, 5.41) is 7.12. The number of hydrogen-bond acceptors (Lipinski definition) is 4. The molecule has 1 aromatic rings. The highest BCUT2D eigenvalue weighted by Gasteiger charge is 2.49. The van der Waals surface area contributed by atoms with E-state index in [4.69, 9.17) is 9.90 Å². The number of carboxylic acids is 1. The number of aromatic nitrogens is 1. The third kappa shape index (κ3) is 5.54. The van der Waals surface area contributed by atoms with Crippen molar-refractivity contribution in [2.24, 2.45) is 5.92 Å². The Morgan fingerprint density at radius 3 is 2.48 bits per heavy atom. The Balaban J connectivity index is 0.000000339. The molecule has 1 atom stereocenters. The zero-order valence-electron chi connectivity index (χ0n) is 17.3. The van der Waals surface area contributed by atoms with Gasteiger partial charge in [0.1, 0.15) is 0 Å². The molecular weight excluding hydrogens is 415 g/mol. The van der Waals surface area contributed by atoms with E-state index in [9.17, 15) is 22.8 Å². The van der Waals surface area contributed by atoms with Crippen LogP contribution in [0.25, 0.3) is 0 Å². The van der Waals surface area contributed by atoms with Crippen LogP contribution in [0, 0.1) is 12.8 Å². The maximum Gasteiger partial charge on any atom is 0.490 e. The zero-order chi connectivity index (χ0) is 22.8. The van der Waals surface area contributed by atoms with Gasteiger partial charge < -0.3 is 14.9 Å². The highest BCUT2D eigenvalue weighted by molar-refractivity contribution is 5.94. The Labute approximate surface area is 178 Å². The molecule has 2 saturated heterocycles. The van der Waals surface area contributed by atoms with Gasteiger partial charge in [-0.25, -0.2) is 4.79 Å². The molecule has 0 aromatic carbocycles. The Bertz CT molecular complexity index is 839. The number of hydrogen-bond donors (Lipinski definition) is 1. The van der Waals surface area contributed by atoms with Gasteiger partial charge in [0.25, 0.3) is 5.91 Å². The van der Waals surface area contributed by atoms with Crippen LogP contribution in [-0.4, -0.2) is 69.0 Å². The number of carbonyl (C=O) groups excluding carboxylic acids is 2. The molecule has 1 unspecified atom stereocenters. The maximum absolute atomic E-state index is 12.9. The molecule has 4 rings (SSSR count). The van der Waals surface area contributed by atoms with Crippen molar-refractivity contribution in [3.8, 4) is 0 Å². The van der Waals surface area contributed by atoms with Gasteiger partial charge in [0, 0.05) is 37.9 Å². The number of pyridine rings is 1. The van der Waals surface area contributed by atoms with Crippen molar-refractivity contribution in [2.45, 2.75) is 57.2 Å². The van der Waals surface area contributed by atoms with Crippen molar-refractivity contribution in [3.63, 3.8) is 0 Å². The topological polar surface area (TPSA) is 90.8 Å². The normalized spacial score (nSPS) is 23.5. The molecule has 2 aliphatic heterocycles. The number of halogens is 3. The Morgan fingerprint density at radius 2 is 1.94 bits per heavy atom. The minimum absolute atomic E-state index is 0.0484. The van der Waals surface area contributed by atoms with E-state index in [-0.39, 0.29) is 17.4 Å². The van der Waals surface area contributed by atoms with E-state index in [0.717, 1.165) is 38.0 Å². The summed E-state index contributed by atoms with van der Waals surface area (Å²) < 4.78 is 31.7. The van der Waals surface area contributed by atoms with E-state index in [1.165, 1.54) is 12.8 Å². The number of aryl methyl sites for hydroxylation is 1. The summed E-state index contributed by atoms with van der Waals surface area (Å²) >= 11 is 0. The van der Waals surface area contributed by atoms with Crippen LogP contribution in [0.4, 0.5) is 13.2 Å². The molecule has 1 aliphatic carbocycles. The molecule has 3 aliphatic rings. The van der Waals surface area contributed by atoms with Gasteiger partial charge in [-0.2, -0.15) is 13.2 Å². The highest BCUT2D eigenvalue weighted by atomic mass is 19.4. The van der Waals surface area contributed by atoms with E-state index in [1.54, 1.807) is 6.20 Å². The Kier molecular flexibility index (Phi) is 6.56. The van der Waals surface area contributed by atoms with E-state index >= 15 is 0 Å². The highest BCUT2D eigenvalue weighted by Crippen LogP contribution is 2.41. The van der Waals surface area contributed by atoms with Gasteiger partial charge in [-0.1, -0.05) is 0 Å². The summed E-state index contributed by atoms with van der Waals surface area (Å²) in [5.74, 6) is -1.73. The average Bonchev–Trinajstić information content (AvgIpc) is 3.50. The minimum Gasteiger partial charge on any atom is -0.475 e. The number of likely N-dealkylation sites (tertiary alicyclic amines) is 2. The van der Waals surface area contributed by atoms with Crippen molar-refractivity contribution in [1.29, 1.82) is 0 Å². The lowest BCUT2D eigenvalue weighted by Crippen LogP contribution is -2.58. The van der Waals surface area contributed by atoms with Crippen LogP contribution in [0.1, 0.15) is 54.6 Å². The summed E-state index contributed by atoms with van der Waals surface area (Å²) in [6, 6.07) is 3.74. The SMILES string of the molecule is Cc1ccc(C(=O)N2CCCC3(CCC(=O)N3CC3CC3)C2)cn1.O=C(O)C(F)(F)F. The van der Waals surface area contributed by atoms with Crippen LogP contribution >= 0.6 is 0 Å². The standard InChI is InChI=1S/C19H25N3O2.C2HF3O2/c1-14-3-6-16(11-20-14)18(24)21-10-2-8-19(13-21)9-7-17(23)22(19)12-15-4-5-15;3-2(4,5)1(6)7/h3,6,11,15H,2,4-5,7-10,12-13H2,1H3;(H,6,7). The van der Waals surface area contributed by atoms with E-state index in [0.29, 0.717) is 24.4 Å². The fraction of sp³-hybridized carbons (Fsp3) is 0.619. The van der Waals surface area contributed by atoms with Gasteiger partial charge in [0.15, 0.2) is 0 Å². The van der Waals surface area contributed by atoms with Crippen LogP contribution in [0.3, 0.4) is 0 Å². The zero-order valence-corrected chi connectivity index (χ0v) is 17.3. The van der Waals surface area contributed by atoms with Crippen molar-refractivity contribution in [3.05, 3.63) is 29.6 Å². The summed E-state index contributed by atoms with van der Waals surface area (Å²) in [6.07, 6.45) is 2.62. The second kappa shape index (κ2) is 8.84. The van der Waals surface area contributed by atoms with Gasteiger partial charge >= 0.3 is 12.1 Å². The molecule has 1 saturated carbocycles. The maximum atomic E-state index is 12.9. The van der Waals surface area contributed by atoms with Gasteiger partial charge in [-0.05, 0) is 57.1 Å². The van der Waals surface area contributed by atoms with E-state index < -0.39 is 12.1 Å². The summed E-state index contributed by atoms with van der Waals surface area (Å²) in [7, 11) is 0. The number of aliphatic carboxylic acids is 1. The molecule has 0 radical (unpaired) electrons. The third-order valence-electron chi connectivity index (χ3n) is 6.06. The lowest BCUT2D eigenvalue weighted by Gasteiger charge is -2.46. The number of amides is 2. The molecular formula is C21H26F3N3O4. The molecule has 1 N–H and O–H groups in total. The molecule has 1 aromatic heterocycles. The third-order valence-corrected chi connectivity index (χ3v) is 6.06. The molecule has 3 heterocycles. The predicted molar refractivity (Wildman–Crippen MR) is 104 cm³/mol. The van der Waals surface area contributed by atoms with Crippen molar-refractivity contribution >= 4 is 17.8 Å². The minimum atomic E-state index is -5.08. The van der Waals surface area contributed by atoms with Gasteiger partial charge in [-0.15, -0.1) is 0 Å². The Morgan fingerprint density at radius 1 is 1.26 bits per heavy atom. The first-order chi connectivity index (χ1) is 14.5. The fourth-order valence-electron chi connectivity index (χ4n) is 4.22. The molecule has 3 fully saturated rings. The quantitative estimate of drug-likeness (QED) is 0.779. The molecule has 7 nitrogen and oxygen atoms in total. The second-order valence-corrected chi connectivity index (χ2v) is 8.49. The molecule has 2 amide bonds. The van der Waals surface area contributed by atoms with Crippen LogP contribution in [0.15, 0.2) is 18.3 Å². The first-order valence-electron chi connectivity index (χ1n) is 10.3. The smallest absolute Gasteiger partial charge is 0.475 e. The summed E-state index contributed by atoms with van der Waals surface area (Å²) in [6.45, 7) is 4.27. The van der Waals surface area contributed by atoms with Crippen LogP contribution in [0.5, 0.6) is 0 Å². The number of carboxylic acid groups (broad SMARTS) is 1. The van der Waals surface area contributed by atoms with Gasteiger partial charge in [-0.3, -0.25) is 14.6 Å². The van der Waals surface area contributed by atoms with E-state index in [1.807, 2.05) is 24.0 Å². The summed E-state index contributed by atoms with van der Waals surface area (Å²) in [5.41, 5.74) is 1.44. The molecule has 1 spiro atoms. The second-order valence-electron chi connectivity index (χ2n) is 8.49.